The van der Waals surface area contributed by atoms with E-state index in [4.69, 9.17) is 4.74 Å². The fraction of sp³-hybridized carbons (Fsp3) is 0.609. The normalized spacial score (nSPS) is 20.7. The van der Waals surface area contributed by atoms with Gasteiger partial charge in [0.2, 0.25) is 5.91 Å². The minimum absolute atomic E-state index is 0.0506. The lowest BCUT2D eigenvalue weighted by Gasteiger charge is -2.35. The summed E-state index contributed by atoms with van der Waals surface area (Å²) in [5.74, 6) is 0.233. The lowest BCUT2D eigenvalue weighted by Crippen LogP contribution is -2.50. The van der Waals surface area contributed by atoms with Crippen LogP contribution in [0.4, 0.5) is 4.79 Å². The summed E-state index contributed by atoms with van der Waals surface area (Å²) < 4.78 is 5.16. The number of hydrogen-bond acceptors (Lipinski definition) is 4. The van der Waals surface area contributed by atoms with Crippen molar-refractivity contribution < 1.29 is 19.1 Å². The zero-order chi connectivity index (χ0) is 22.5. The molecule has 1 heterocycles. The molecule has 2 rings (SSSR count). The molecule has 0 unspecified atom stereocenters. The van der Waals surface area contributed by atoms with Crippen molar-refractivity contribution in [1.82, 2.24) is 15.1 Å². The number of rotatable bonds is 10. The van der Waals surface area contributed by atoms with Crippen LogP contribution in [0.3, 0.4) is 0 Å². The van der Waals surface area contributed by atoms with E-state index in [-0.39, 0.29) is 30.4 Å². The lowest BCUT2D eigenvalue weighted by atomic mass is 9.93. The number of methoxy groups -OCH3 is 1. The van der Waals surface area contributed by atoms with Gasteiger partial charge in [0.1, 0.15) is 17.8 Å². The van der Waals surface area contributed by atoms with E-state index < -0.39 is 11.6 Å². The van der Waals surface area contributed by atoms with Crippen molar-refractivity contribution in [1.29, 1.82) is 0 Å². The van der Waals surface area contributed by atoms with Gasteiger partial charge in [-0.3, -0.25) is 14.5 Å². The van der Waals surface area contributed by atoms with E-state index in [1.807, 2.05) is 52.0 Å². The van der Waals surface area contributed by atoms with Crippen LogP contribution in [0.1, 0.15) is 59.4 Å². The minimum Gasteiger partial charge on any atom is -0.497 e. The van der Waals surface area contributed by atoms with Gasteiger partial charge in [-0.25, -0.2) is 4.79 Å². The molecular weight excluding hydrogens is 382 g/mol. The maximum atomic E-state index is 13.0. The molecule has 1 fully saturated rings. The molecule has 0 spiro atoms. The van der Waals surface area contributed by atoms with Gasteiger partial charge in [-0.15, -0.1) is 0 Å². The van der Waals surface area contributed by atoms with Gasteiger partial charge in [-0.1, -0.05) is 26.0 Å². The first-order chi connectivity index (χ1) is 14.2. The molecule has 1 aromatic rings. The third-order valence-electron chi connectivity index (χ3n) is 6.13. The van der Waals surface area contributed by atoms with Gasteiger partial charge < -0.3 is 15.0 Å². The van der Waals surface area contributed by atoms with E-state index in [0.717, 1.165) is 29.1 Å². The molecular formula is C23H35N3O4. The molecule has 3 atom stereocenters. The minimum atomic E-state index is -1.02. The van der Waals surface area contributed by atoms with Gasteiger partial charge >= 0.3 is 6.03 Å². The van der Waals surface area contributed by atoms with E-state index in [1.165, 1.54) is 0 Å². The molecule has 166 valence electrons. The number of nitrogens with zero attached hydrogens (tertiary/aromatic N) is 2. The van der Waals surface area contributed by atoms with E-state index in [9.17, 15) is 14.4 Å². The highest BCUT2D eigenvalue weighted by Gasteiger charge is 2.48. The Hall–Kier alpha value is -2.57. The van der Waals surface area contributed by atoms with Crippen LogP contribution in [-0.2, 0) is 16.0 Å². The first-order valence-corrected chi connectivity index (χ1v) is 10.7. The SMILES string of the molecule is CC[C@@H](C)N(C(=O)CN1C(=O)N[C@](C)(CCc2ccc(OC)cc2)C1=O)[C@H](C)CC. The van der Waals surface area contributed by atoms with Crippen molar-refractivity contribution in [3.8, 4) is 5.75 Å². The average molecular weight is 418 g/mol. The standard InChI is InChI=1S/C23H35N3O4/c1-7-16(3)26(17(4)8-2)20(27)15-25-21(28)23(5,24-22(25)29)14-13-18-9-11-19(30-6)12-10-18/h9-12,16-17H,7-8,13-15H2,1-6H3,(H,24,29)/t16-,17-,23-/m1/s1. The van der Waals surface area contributed by atoms with Crippen molar-refractivity contribution >= 4 is 17.8 Å². The maximum absolute atomic E-state index is 13.0. The largest absolute Gasteiger partial charge is 0.497 e. The molecule has 1 aromatic carbocycles. The number of hydrogen-bond donors (Lipinski definition) is 1. The van der Waals surface area contributed by atoms with Gasteiger partial charge in [-0.05, 0) is 64.2 Å². The Bertz CT molecular complexity index is 754. The van der Waals surface area contributed by atoms with Crippen LogP contribution in [0, 0.1) is 0 Å². The molecule has 1 aliphatic heterocycles. The van der Waals surface area contributed by atoms with Crippen molar-refractivity contribution in [3.63, 3.8) is 0 Å². The molecule has 1 N–H and O–H groups in total. The number of ether oxygens (including phenoxy) is 1. The highest BCUT2D eigenvalue weighted by Crippen LogP contribution is 2.24. The molecule has 1 saturated heterocycles. The van der Waals surface area contributed by atoms with Gasteiger partial charge in [0, 0.05) is 12.1 Å². The Balaban J connectivity index is 2.07. The van der Waals surface area contributed by atoms with Gasteiger partial charge in [0.25, 0.3) is 5.91 Å². The van der Waals surface area contributed by atoms with Crippen LogP contribution in [0.25, 0.3) is 0 Å². The van der Waals surface area contributed by atoms with Crippen molar-refractivity contribution in [2.45, 2.75) is 77.9 Å². The molecule has 7 heteroatoms. The number of carbonyl (C=O) groups is 3. The Morgan fingerprint density at radius 3 is 2.20 bits per heavy atom. The summed E-state index contributed by atoms with van der Waals surface area (Å²) in [6, 6.07) is 7.23. The smallest absolute Gasteiger partial charge is 0.325 e. The van der Waals surface area contributed by atoms with E-state index in [1.54, 1.807) is 18.9 Å². The predicted octanol–water partition coefficient (Wildman–Crippen LogP) is 3.36. The fourth-order valence-electron chi connectivity index (χ4n) is 3.78. The summed E-state index contributed by atoms with van der Waals surface area (Å²) in [5.41, 5.74) is 0.0304. The Morgan fingerprint density at radius 1 is 1.13 bits per heavy atom. The monoisotopic (exact) mass is 417 g/mol. The second kappa shape index (κ2) is 9.96. The van der Waals surface area contributed by atoms with E-state index in [2.05, 4.69) is 5.32 Å². The fourth-order valence-corrected chi connectivity index (χ4v) is 3.78. The number of urea groups is 1. The Labute approximate surface area is 179 Å². The number of benzene rings is 1. The molecule has 0 saturated carbocycles. The van der Waals surface area contributed by atoms with Crippen molar-refractivity contribution in [2.24, 2.45) is 0 Å². The van der Waals surface area contributed by atoms with Crippen molar-refractivity contribution in [2.75, 3.05) is 13.7 Å². The summed E-state index contributed by atoms with van der Waals surface area (Å²) in [5, 5.41) is 2.80. The molecule has 0 aliphatic carbocycles. The molecule has 0 bridgehead atoms. The second-order valence-corrected chi connectivity index (χ2v) is 8.32. The highest BCUT2D eigenvalue weighted by molar-refractivity contribution is 6.08. The van der Waals surface area contributed by atoms with Gasteiger partial charge in [0.05, 0.1) is 7.11 Å². The molecule has 1 aliphatic rings. The van der Waals surface area contributed by atoms with Crippen LogP contribution in [0.2, 0.25) is 0 Å². The first kappa shape index (κ1) is 23.7. The molecule has 30 heavy (non-hydrogen) atoms. The quantitative estimate of drug-likeness (QED) is 0.592. The van der Waals surface area contributed by atoms with Gasteiger partial charge in [-0.2, -0.15) is 0 Å². The zero-order valence-electron chi connectivity index (χ0n) is 19.0. The molecule has 0 radical (unpaired) electrons. The Morgan fingerprint density at radius 2 is 1.70 bits per heavy atom. The summed E-state index contributed by atoms with van der Waals surface area (Å²) in [7, 11) is 1.61. The molecule has 7 nitrogen and oxygen atoms in total. The Kier molecular flexibility index (Phi) is 7.87. The third kappa shape index (κ3) is 5.12. The topological polar surface area (TPSA) is 79.0 Å². The van der Waals surface area contributed by atoms with Crippen LogP contribution >= 0.6 is 0 Å². The summed E-state index contributed by atoms with van der Waals surface area (Å²) in [6.45, 7) is 9.54. The number of aryl methyl sites for hydroxylation is 1. The molecule has 4 amide bonds. The summed E-state index contributed by atoms with van der Waals surface area (Å²) >= 11 is 0. The number of imide groups is 1. The van der Waals surface area contributed by atoms with Crippen LogP contribution in [0.5, 0.6) is 5.75 Å². The van der Waals surface area contributed by atoms with E-state index >= 15 is 0 Å². The third-order valence-corrected chi connectivity index (χ3v) is 6.13. The maximum Gasteiger partial charge on any atom is 0.325 e. The summed E-state index contributed by atoms with van der Waals surface area (Å²) in [4.78, 5) is 41.4. The molecule has 0 aromatic heterocycles. The van der Waals surface area contributed by atoms with E-state index in [0.29, 0.717) is 12.8 Å². The summed E-state index contributed by atoms with van der Waals surface area (Å²) in [6.07, 6.45) is 2.71. The lowest BCUT2D eigenvalue weighted by molar-refractivity contribution is -0.141. The van der Waals surface area contributed by atoms with Gasteiger partial charge in [0.15, 0.2) is 0 Å². The van der Waals surface area contributed by atoms with Crippen molar-refractivity contribution in [3.05, 3.63) is 29.8 Å². The predicted molar refractivity (Wildman–Crippen MR) is 116 cm³/mol. The van der Waals surface area contributed by atoms with Crippen LogP contribution in [-0.4, -0.2) is 58.9 Å². The van der Waals surface area contributed by atoms with Crippen LogP contribution in [0.15, 0.2) is 24.3 Å². The number of nitrogens with one attached hydrogen (secondary N) is 1. The average Bonchev–Trinajstić information content (AvgIpc) is 2.95. The first-order valence-electron chi connectivity index (χ1n) is 10.7. The second-order valence-electron chi connectivity index (χ2n) is 8.32. The number of amides is 4. The highest BCUT2D eigenvalue weighted by atomic mass is 16.5. The number of carbonyl (C=O) groups excluding carboxylic acids is 3. The zero-order valence-corrected chi connectivity index (χ0v) is 19.0. The van der Waals surface area contributed by atoms with Crippen LogP contribution < -0.4 is 10.1 Å².